The highest BCUT2D eigenvalue weighted by Crippen LogP contribution is 2.65. The van der Waals surface area contributed by atoms with E-state index in [-0.39, 0.29) is 41.4 Å². The second-order valence-corrected chi connectivity index (χ2v) is 8.87. The number of amides is 3. The number of benzene rings is 2. The van der Waals surface area contributed by atoms with Crippen molar-refractivity contribution in [1.82, 2.24) is 0 Å². The van der Waals surface area contributed by atoms with Gasteiger partial charge >= 0.3 is 0 Å². The first kappa shape index (κ1) is 18.4. The highest BCUT2D eigenvalue weighted by Gasteiger charge is 2.67. The second-order valence-electron chi connectivity index (χ2n) is 8.87. The fourth-order valence-electron chi connectivity index (χ4n) is 5.95. The highest BCUT2D eigenvalue weighted by molar-refractivity contribution is 6.25. The molecule has 2 aromatic carbocycles. The molecular weight excluding hydrogens is 392 g/mol. The van der Waals surface area contributed by atoms with Gasteiger partial charge in [-0.15, -0.1) is 0 Å². The van der Waals surface area contributed by atoms with Crippen molar-refractivity contribution in [2.75, 3.05) is 17.3 Å². The minimum Gasteiger partial charge on any atom is -0.497 e. The molecule has 1 saturated heterocycles. The van der Waals surface area contributed by atoms with E-state index in [1.807, 2.05) is 0 Å². The van der Waals surface area contributed by atoms with Crippen LogP contribution in [0, 0.1) is 35.5 Å². The van der Waals surface area contributed by atoms with Crippen molar-refractivity contribution in [2.45, 2.75) is 6.42 Å². The van der Waals surface area contributed by atoms with E-state index in [2.05, 4.69) is 17.5 Å². The van der Waals surface area contributed by atoms with Crippen LogP contribution in [0.15, 0.2) is 60.7 Å². The molecule has 1 aliphatic heterocycles. The maximum atomic E-state index is 13.4. The van der Waals surface area contributed by atoms with E-state index in [4.69, 9.17) is 4.74 Å². The van der Waals surface area contributed by atoms with Crippen molar-refractivity contribution in [3.8, 4) is 5.75 Å². The third-order valence-corrected chi connectivity index (χ3v) is 7.38. The number of ether oxygens (including phenoxy) is 1. The average Bonchev–Trinajstić information content (AvgIpc) is 3.57. The van der Waals surface area contributed by atoms with Gasteiger partial charge in [0.05, 0.1) is 30.2 Å². The smallest absolute Gasteiger partial charge is 0.257 e. The van der Waals surface area contributed by atoms with Crippen LogP contribution in [-0.2, 0) is 9.59 Å². The van der Waals surface area contributed by atoms with Crippen molar-refractivity contribution in [2.24, 2.45) is 35.5 Å². The van der Waals surface area contributed by atoms with Gasteiger partial charge in [0.2, 0.25) is 11.8 Å². The number of allylic oxidation sites excluding steroid dienone is 2. The van der Waals surface area contributed by atoms with Gasteiger partial charge in [-0.2, -0.15) is 0 Å². The molecule has 0 spiro atoms. The molecule has 7 rings (SSSR count). The number of hydrogen-bond donors (Lipinski definition) is 1. The lowest BCUT2D eigenvalue weighted by Crippen LogP contribution is -2.40. The fraction of sp³-hybridized carbons (Fsp3) is 0.320. The summed E-state index contributed by atoms with van der Waals surface area (Å²) in [5.41, 5.74) is 1.24. The maximum Gasteiger partial charge on any atom is 0.257 e. The van der Waals surface area contributed by atoms with Gasteiger partial charge in [0, 0.05) is 11.8 Å². The minimum absolute atomic E-state index is 0.152. The number of methoxy groups -OCH3 is 1. The molecule has 31 heavy (non-hydrogen) atoms. The molecular formula is C25H22N2O4. The molecule has 0 unspecified atom stereocenters. The molecule has 0 radical (unpaired) electrons. The molecule has 2 saturated carbocycles. The maximum absolute atomic E-state index is 13.4. The normalized spacial score (nSPS) is 32.0. The largest absolute Gasteiger partial charge is 0.497 e. The average molecular weight is 414 g/mol. The lowest BCUT2D eigenvalue weighted by atomic mass is 9.63. The molecule has 4 aliphatic carbocycles. The summed E-state index contributed by atoms with van der Waals surface area (Å²) in [4.78, 5) is 41.3. The van der Waals surface area contributed by atoms with Crippen molar-refractivity contribution >= 4 is 29.1 Å². The van der Waals surface area contributed by atoms with Crippen molar-refractivity contribution in [3.63, 3.8) is 0 Å². The molecule has 3 amide bonds. The Morgan fingerprint density at radius 1 is 0.968 bits per heavy atom. The second kappa shape index (κ2) is 6.54. The number of hydrogen-bond acceptors (Lipinski definition) is 4. The lowest BCUT2D eigenvalue weighted by Gasteiger charge is -2.37. The van der Waals surface area contributed by atoms with Crippen LogP contribution < -0.4 is 15.0 Å². The molecule has 2 aromatic rings. The Bertz CT molecular complexity index is 1120. The Hall–Kier alpha value is -3.41. The molecule has 2 bridgehead atoms. The fourth-order valence-corrected chi connectivity index (χ4v) is 5.95. The van der Waals surface area contributed by atoms with Crippen LogP contribution in [0.3, 0.4) is 0 Å². The molecule has 6 heteroatoms. The van der Waals surface area contributed by atoms with Crippen LogP contribution in [0.25, 0.3) is 0 Å². The van der Waals surface area contributed by atoms with Gasteiger partial charge in [-0.25, -0.2) is 4.90 Å². The molecule has 1 heterocycles. The summed E-state index contributed by atoms with van der Waals surface area (Å²) < 4.78 is 5.21. The van der Waals surface area contributed by atoms with Crippen LogP contribution in [0.4, 0.5) is 11.4 Å². The van der Waals surface area contributed by atoms with Crippen LogP contribution >= 0.6 is 0 Å². The SMILES string of the molecule is COc1cccc(NC(=O)c2ccccc2N2C(=O)[C@@H]3[C@H]4C=C[C@@H]([C@@H]5C[C@H]45)[C@H]3C2=O)c1. The number of carbonyl (C=O) groups excluding carboxylic acids is 3. The van der Waals surface area contributed by atoms with E-state index in [1.54, 1.807) is 55.6 Å². The van der Waals surface area contributed by atoms with Gasteiger partial charge < -0.3 is 10.1 Å². The Morgan fingerprint density at radius 3 is 2.32 bits per heavy atom. The Kier molecular flexibility index (Phi) is 3.88. The molecule has 6 atom stereocenters. The zero-order valence-electron chi connectivity index (χ0n) is 17.0. The predicted octanol–water partition coefficient (Wildman–Crippen LogP) is 3.51. The van der Waals surface area contributed by atoms with Gasteiger partial charge in [0.15, 0.2) is 0 Å². The summed E-state index contributed by atoms with van der Waals surface area (Å²) in [6.07, 6.45) is 5.42. The standard InChI is InChI=1S/C25H22N2O4/c1-31-14-6-4-5-13(11-14)26-23(28)17-7-2-3-8-20(17)27-24(29)21-15-9-10-16(19-12-18(15)19)22(21)25(27)30/h2-11,15-16,18-19,21-22H,12H2,1H3,(H,26,28)/t15-,16-,18-,19+,21+,22+/m0/s1. The summed E-state index contributed by atoms with van der Waals surface area (Å²) in [5.74, 6) is 0.728. The van der Waals surface area contributed by atoms with Crippen LogP contribution in [0.1, 0.15) is 16.8 Å². The first-order valence-electron chi connectivity index (χ1n) is 10.7. The van der Waals surface area contributed by atoms with Gasteiger partial charge in [0.25, 0.3) is 5.91 Å². The summed E-state index contributed by atoms with van der Waals surface area (Å²) in [6.45, 7) is 0. The van der Waals surface area contributed by atoms with Crippen LogP contribution in [0.5, 0.6) is 5.75 Å². The van der Waals surface area contributed by atoms with Crippen LogP contribution in [0.2, 0.25) is 0 Å². The minimum atomic E-state index is -0.372. The van der Waals surface area contributed by atoms with Crippen molar-refractivity contribution in [1.29, 1.82) is 0 Å². The van der Waals surface area contributed by atoms with Gasteiger partial charge in [-0.1, -0.05) is 30.4 Å². The molecule has 6 nitrogen and oxygen atoms in total. The summed E-state index contributed by atoms with van der Waals surface area (Å²) in [5, 5.41) is 2.85. The Balaban J connectivity index is 1.33. The quantitative estimate of drug-likeness (QED) is 0.614. The summed E-state index contributed by atoms with van der Waals surface area (Å²) >= 11 is 0. The Morgan fingerprint density at radius 2 is 1.65 bits per heavy atom. The first-order chi connectivity index (χ1) is 15.1. The zero-order valence-corrected chi connectivity index (χ0v) is 17.0. The lowest BCUT2D eigenvalue weighted by molar-refractivity contribution is -0.124. The number of anilines is 2. The van der Waals surface area contributed by atoms with E-state index in [1.165, 1.54) is 4.90 Å². The molecule has 156 valence electrons. The Labute approximate surface area is 179 Å². The monoisotopic (exact) mass is 414 g/mol. The predicted molar refractivity (Wildman–Crippen MR) is 115 cm³/mol. The van der Waals surface area contributed by atoms with E-state index in [0.29, 0.717) is 34.5 Å². The van der Waals surface area contributed by atoms with Crippen LogP contribution in [-0.4, -0.2) is 24.8 Å². The van der Waals surface area contributed by atoms with Gasteiger partial charge in [0.1, 0.15) is 5.75 Å². The van der Waals surface area contributed by atoms with Crippen molar-refractivity contribution in [3.05, 3.63) is 66.2 Å². The molecule has 3 fully saturated rings. The number of imide groups is 1. The summed E-state index contributed by atoms with van der Waals surface area (Å²) in [7, 11) is 1.56. The third-order valence-electron chi connectivity index (χ3n) is 7.38. The number of para-hydroxylation sites is 1. The van der Waals surface area contributed by atoms with E-state index < -0.39 is 0 Å². The number of carbonyl (C=O) groups is 3. The number of nitrogens with zero attached hydrogens (tertiary/aromatic N) is 1. The van der Waals surface area contributed by atoms with E-state index >= 15 is 0 Å². The highest BCUT2D eigenvalue weighted by atomic mass is 16.5. The number of rotatable bonds is 4. The van der Waals surface area contributed by atoms with E-state index in [0.717, 1.165) is 6.42 Å². The third kappa shape index (κ3) is 2.60. The molecule has 5 aliphatic rings. The van der Waals surface area contributed by atoms with Gasteiger partial charge in [-0.05, 0) is 54.4 Å². The van der Waals surface area contributed by atoms with Crippen molar-refractivity contribution < 1.29 is 19.1 Å². The zero-order chi connectivity index (χ0) is 21.3. The topological polar surface area (TPSA) is 75.7 Å². The first-order valence-corrected chi connectivity index (χ1v) is 10.7. The van der Waals surface area contributed by atoms with E-state index in [9.17, 15) is 14.4 Å². The van der Waals surface area contributed by atoms with Gasteiger partial charge in [-0.3, -0.25) is 14.4 Å². The molecule has 1 N–H and O–H groups in total. The number of nitrogens with one attached hydrogen (secondary N) is 1. The summed E-state index contributed by atoms with van der Waals surface area (Å²) in [6, 6.07) is 13.9. The molecule has 0 aromatic heterocycles.